The van der Waals surface area contributed by atoms with Gasteiger partial charge in [0, 0.05) is 23.6 Å². The van der Waals surface area contributed by atoms with Crippen molar-refractivity contribution in [2.45, 2.75) is 31.2 Å². The van der Waals surface area contributed by atoms with Gasteiger partial charge >= 0.3 is 0 Å². The zero-order valence-corrected chi connectivity index (χ0v) is 19.4. The Balaban J connectivity index is 0.00000231. The number of piperidine rings is 1. The molecule has 0 spiro atoms. The molecule has 0 aromatic heterocycles. The van der Waals surface area contributed by atoms with Crippen LogP contribution in [-0.2, 0) is 11.8 Å². The molecular formula is C27H28BrNO2. The molecule has 1 aliphatic heterocycles. The molecule has 1 N–H and O–H groups in total. The first kappa shape index (κ1) is 21.8. The second kappa shape index (κ2) is 8.60. The van der Waals surface area contributed by atoms with Gasteiger partial charge in [-0.05, 0) is 47.6 Å². The van der Waals surface area contributed by atoms with Crippen LogP contribution in [0.15, 0.2) is 78.9 Å². The van der Waals surface area contributed by atoms with Crippen LogP contribution >= 0.6 is 17.0 Å². The third kappa shape index (κ3) is 3.62. The van der Waals surface area contributed by atoms with Gasteiger partial charge in [0.1, 0.15) is 5.75 Å². The number of aromatic hydroxyl groups is 1. The lowest BCUT2D eigenvalue weighted by Crippen LogP contribution is -2.60. The molecule has 3 aromatic rings. The van der Waals surface area contributed by atoms with Crippen molar-refractivity contribution in [3.8, 4) is 5.75 Å². The Labute approximate surface area is 194 Å². The second-order valence-corrected chi connectivity index (χ2v) is 8.75. The Morgan fingerprint density at radius 2 is 1.71 bits per heavy atom. The maximum atomic E-state index is 12.9. The van der Waals surface area contributed by atoms with Crippen molar-refractivity contribution in [2.24, 2.45) is 5.92 Å². The first-order valence-electron chi connectivity index (χ1n) is 10.8. The standard InChI is InChI=1S/C27H27NO2.BrH/c1-19-25-16-21-12-13-23(29)17-24(21)27(19,22-10-6-3-7-11-22)14-15-28(25)18-26(30)20-8-4-2-5-9-20;/h2-13,17,19,25,29H,14-16,18H2,1H3;1H. The number of phenols is 1. The highest BCUT2D eigenvalue weighted by molar-refractivity contribution is 8.93. The molecule has 1 aliphatic carbocycles. The number of halogens is 1. The lowest BCUT2D eigenvalue weighted by molar-refractivity contribution is 0.0389. The summed E-state index contributed by atoms with van der Waals surface area (Å²) >= 11 is 0. The van der Waals surface area contributed by atoms with Crippen molar-refractivity contribution in [3.05, 3.63) is 101 Å². The van der Waals surface area contributed by atoms with Crippen LogP contribution in [0.3, 0.4) is 0 Å². The van der Waals surface area contributed by atoms with Gasteiger partial charge in [-0.15, -0.1) is 17.0 Å². The second-order valence-electron chi connectivity index (χ2n) is 8.75. The monoisotopic (exact) mass is 477 g/mol. The normalized spacial score (nSPS) is 24.7. The molecule has 2 bridgehead atoms. The number of benzene rings is 3. The largest absolute Gasteiger partial charge is 0.508 e. The number of hydrogen-bond donors (Lipinski definition) is 1. The van der Waals surface area contributed by atoms with Crippen LogP contribution in [0.2, 0.25) is 0 Å². The number of ketones is 1. The van der Waals surface area contributed by atoms with Gasteiger partial charge < -0.3 is 5.11 Å². The third-order valence-corrected chi connectivity index (χ3v) is 7.35. The molecule has 31 heavy (non-hydrogen) atoms. The van der Waals surface area contributed by atoms with Crippen molar-refractivity contribution in [1.82, 2.24) is 4.90 Å². The predicted octanol–water partition coefficient (Wildman–Crippen LogP) is 5.41. The van der Waals surface area contributed by atoms with Gasteiger partial charge in [-0.2, -0.15) is 0 Å². The quantitative estimate of drug-likeness (QED) is 0.510. The minimum atomic E-state index is -0.134. The number of fused-ring (bicyclic) bond motifs is 4. The Morgan fingerprint density at radius 3 is 2.42 bits per heavy atom. The van der Waals surface area contributed by atoms with E-state index in [4.69, 9.17) is 0 Å². The number of likely N-dealkylation sites (tertiary alicyclic amines) is 1. The maximum absolute atomic E-state index is 12.9. The Morgan fingerprint density at radius 1 is 1.03 bits per heavy atom. The van der Waals surface area contributed by atoms with Crippen LogP contribution < -0.4 is 0 Å². The highest BCUT2D eigenvalue weighted by atomic mass is 79.9. The van der Waals surface area contributed by atoms with E-state index in [0.717, 1.165) is 24.9 Å². The van der Waals surface area contributed by atoms with E-state index < -0.39 is 0 Å². The molecule has 0 radical (unpaired) electrons. The third-order valence-electron chi connectivity index (χ3n) is 7.35. The summed E-state index contributed by atoms with van der Waals surface area (Å²) in [5.74, 6) is 0.856. The van der Waals surface area contributed by atoms with Crippen LogP contribution in [0, 0.1) is 5.92 Å². The van der Waals surface area contributed by atoms with Gasteiger partial charge in [0.25, 0.3) is 0 Å². The summed E-state index contributed by atoms with van der Waals surface area (Å²) in [5, 5.41) is 10.3. The van der Waals surface area contributed by atoms with Crippen LogP contribution in [0.1, 0.15) is 40.4 Å². The van der Waals surface area contributed by atoms with Gasteiger partial charge in [-0.1, -0.05) is 73.7 Å². The molecule has 3 aromatic carbocycles. The van der Waals surface area contributed by atoms with Crippen LogP contribution in [0.25, 0.3) is 0 Å². The molecule has 5 rings (SSSR count). The maximum Gasteiger partial charge on any atom is 0.176 e. The Hall–Kier alpha value is -2.43. The minimum absolute atomic E-state index is 0. The van der Waals surface area contributed by atoms with E-state index in [-0.39, 0.29) is 28.2 Å². The highest BCUT2D eigenvalue weighted by Gasteiger charge is 2.52. The Bertz CT molecular complexity index is 1070. The van der Waals surface area contributed by atoms with E-state index in [1.807, 2.05) is 36.4 Å². The van der Waals surface area contributed by atoms with Crippen molar-refractivity contribution in [3.63, 3.8) is 0 Å². The number of phenolic OH excluding ortho intramolecular Hbond substituents is 1. The molecular weight excluding hydrogens is 450 g/mol. The van der Waals surface area contributed by atoms with E-state index in [1.54, 1.807) is 6.07 Å². The molecule has 3 nitrogen and oxygen atoms in total. The minimum Gasteiger partial charge on any atom is -0.508 e. The average molecular weight is 478 g/mol. The number of Topliss-reactive ketones (excluding diaryl/α,β-unsaturated/α-hetero) is 1. The Kier molecular flexibility index (Phi) is 6.05. The van der Waals surface area contributed by atoms with E-state index in [1.165, 1.54) is 16.7 Å². The lowest BCUT2D eigenvalue weighted by atomic mass is 9.55. The average Bonchev–Trinajstić information content (AvgIpc) is 2.78. The fraction of sp³-hybridized carbons (Fsp3) is 0.296. The highest BCUT2D eigenvalue weighted by Crippen LogP contribution is 2.53. The summed E-state index contributed by atoms with van der Waals surface area (Å²) in [7, 11) is 0. The lowest BCUT2D eigenvalue weighted by Gasteiger charge is -2.56. The number of rotatable bonds is 4. The summed E-state index contributed by atoms with van der Waals surface area (Å²) in [6, 6.07) is 26.5. The first-order valence-corrected chi connectivity index (χ1v) is 10.8. The molecule has 0 amide bonds. The van der Waals surface area contributed by atoms with E-state index in [9.17, 15) is 9.90 Å². The van der Waals surface area contributed by atoms with E-state index in [0.29, 0.717) is 24.3 Å². The summed E-state index contributed by atoms with van der Waals surface area (Å²) in [6.07, 6.45) is 1.85. The summed E-state index contributed by atoms with van der Waals surface area (Å²) in [4.78, 5) is 15.3. The van der Waals surface area contributed by atoms with Crippen molar-refractivity contribution in [2.75, 3.05) is 13.1 Å². The fourth-order valence-corrected chi connectivity index (χ4v) is 5.82. The molecule has 2 aliphatic rings. The van der Waals surface area contributed by atoms with Gasteiger partial charge in [-0.25, -0.2) is 0 Å². The van der Waals surface area contributed by atoms with Crippen LogP contribution in [0.4, 0.5) is 0 Å². The number of carbonyl (C=O) groups is 1. The molecule has 1 heterocycles. The zero-order chi connectivity index (χ0) is 20.7. The zero-order valence-electron chi connectivity index (χ0n) is 17.7. The van der Waals surface area contributed by atoms with Gasteiger partial charge in [-0.3, -0.25) is 9.69 Å². The van der Waals surface area contributed by atoms with Gasteiger partial charge in [0.05, 0.1) is 6.54 Å². The summed E-state index contributed by atoms with van der Waals surface area (Å²) < 4.78 is 0. The van der Waals surface area contributed by atoms with E-state index >= 15 is 0 Å². The van der Waals surface area contributed by atoms with Gasteiger partial charge in [0.2, 0.25) is 0 Å². The van der Waals surface area contributed by atoms with Crippen LogP contribution in [-0.4, -0.2) is 34.9 Å². The summed E-state index contributed by atoms with van der Waals surface area (Å²) in [5.41, 5.74) is 4.50. The predicted molar refractivity (Wildman–Crippen MR) is 129 cm³/mol. The molecule has 160 valence electrons. The topological polar surface area (TPSA) is 40.5 Å². The number of carbonyl (C=O) groups excluding carboxylic acids is 1. The van der Waals surface area contributed by atoms with Crippen molar-refractivity contribution in [1.29, 1.82) is 0 Å². The molecule has 1 saturated heterocycles. The fourth-order valence-electron chi connectivity index (χ4n) is 5.82. The molecule has 3 atom stereocenters. The molecule has 4 heteroatoms. The van der Waals surface area contributed by atoms with Crippen molar-refractivity contribution >= 4 is 22.8 Å². The smallest absolute Gasteiger partial charge is 0.176 e. The van der Waals surface area contributed by atoms with Crippen molar-refractivity contribution < 1.29 is 9.90 Å². The number of hydrogen-bond acceptors (Lipinski definition) is 3. The van der Waals surface area contributed by atoms with Crippen LogP contribution in [0.5, 0.6) is 5.75 Å². The molecule has 0 saturated carbocycles. The van der Waals surface area contributed by atoms with Gasteiger partial charge in [0.15, 0.2) is 5.78 Å². The molecule has 1 fully saturated rings. The van der Waals surface area contributed by atoms with E-state index in [2.05, 4.69) is 48.2 Å². The number of nitrogens with zero attached hydrogens (tertiary/aromatic N) is 1. The SMILES string of the molecule is Br.CC1C2Cc3ccc(O)cc3C1(c1ccccc1)CCN2CC(=O)c1ccccc1. The summed E-state index contributed by atoms with van der Waals surface area (Å²) in [6.45, 7) is 3.65. The first-order chi connectivity index (χ1) is 14.6. The molecule has 3 unspecified atom stereocenters.